The van der Waals surface area contributed by atoms with E-state index in [1.165, 1.54) is 12.1 Å². The fraction of sp³-hybridized carbons (Fsp3) is 0.500. The number of halogens is 1. The van der Waals surface area contributed by atoms with Crippen molar-refractivity contribution in [3.63, 3.8) is 0 Å². The van der Waals surface area contributed by atoms with E-state index in [1.54, 1.807) is 12.1 Å². The summed E-state index contributed by atoms with van der Waals surface area (Å²) in [6, 6.07) is 6.92. The number of hydrogen-bond donors (Lipinski definition) is 1. The van der Waals surface area contributed by atoms with Gasteiger partial charge in [-0.05, 0) is 30.5 Å². The van der Waals surface area contributed by atoms with Crippen molar-refractivity contribution in [1.29, 1.82) is 0 Å². The average molecular weight is 248 g/mol. The number of hydrogen-bond acceptors (Lipinski definition) is 2. The Morgan fingerprint density at radius 3 is 2.44 bits per heavy atom. The molecule has 2 fully saturated rings. The van der Waals surface area contributed by atoms with E-state index in [4.69, 9.17) is 0 Å². The highest BCUT2D eigenvalue weighted by atomic mass is 19.1. The third kappa shape index (κ3) is 2.12. The van der Waals surface area contributed by atoms with E-state index in [0.29, 0.717) is 18.5 Å². The Kier molecular flexibility index (Phi) is 3.04. The molecule has 4 heteroatoms. The summed E-state index contributed by atoms with van der Waals surface area (Å²) < 4.78 is 12.8. The molecule has 0 saturated carbocycles. The molecule has 18 heavy (non-hydrogen) atoms. The van der Waals surface area contributed by atoms with E-state index in [-0.39, 0.29) is 11.7 Å². The monoisotopic (exact) mass is 248 g/mol. The fourth-order valence-electron chi connectivity index (χ4n) is 3.05. The standard InChI is InChI=1S/C14H17FN2O/c15-11-3-1-10(2-4-11)7-14(18)17-12-5-6-13(17)9-16-8-12/h1-4,12-13,16H,5-9H2. The summed E-state index contributed by atoms with van der Waals surface area (Å²) in [5, 5.41) is 3.36. The lowest BCUT2D eigenvalue weighted by molar-refractivity contribution is -0.134. The first-order valence-electron chi connectivity index (χ1n) is 6.50. The van der Waals surface area contributed by atoms with E-state index in [2.05, 4.69) is 5.32 Å². The van der Waals surface area contributed by atoms with Gasteiger partial charge in [0.25, 0.3) is 0 Å². The van der Waals surface area contributed by atoms with E-state index >= 15 is 0 Å². The van der Waals surface area contributed by atoms with Crippen molar-refractivity contribution in [3.05, 3.63) is 35.6 Å². The second kappa shape index (κ2) is 4.69. The summed E-state index contributed by atoms with van der Waals surface area (Å²) in [7, 11) is 0. The van der Waals surface area contributed by atoms with Gasteiger partial charge in [-0.1, -0.05) is 12.1 Å². The van der Waals surface area contributed by atoms with Gasteiger partial charge in [-0.25, -0.2) is 4.39 Å². The Hall–Kier alpha value is -1.42. The number of amides is 1. The maximum absolute atomic E-state index is 12.8. The summed E-state index contributed by atoms with van der Waals surface area (Å²) in [6.07, 6.45) is 2.59. The largest absolute Gasteiger partial charge is 0.334 e. The predicted molar refractivity (Wildman–Crippen MR) is 66.6 cm³/mol. The first kappa shape index (κ1) is 11.7. The van der Waals surface area contributed by atoms with Crippen LogP contribution in [-0.4, -0.2) is 36.0 Å². The van der Waals surface area contributed by atoms with E-state index in [1.807, 2.05) is 4.90 Å². The summed E-state index contributed by atoms with van der Waals surface area (Å²) in [5.74, 6) is -0.0796. The van der Waals surface area contributed by atoms with Crippen LogP contribution in [0.3, 0.4) is 0 Å². The Bertz CT molecular complexity index is 430. The number of benzene rings is 1. The lowest BCUT2D eigenvalue weighted by Gasteiger charge is -2.35. The lowest BCUT2D eigenvalue weighted by atomic mass is 10.1. The molecule has 1 amide bonds. The molecular weight excluding hydrogens is 231 g/mol. The van der Waals surface area contributed by atoms with Gasteiger partial charge >= 0.3 is 0 Å². The van der Waals surface area contributed by atoms with Crippen LogP contribution in [0.25, 0.3) is 0 Å². The minimum atomic E-state index is -0.256. The Labute approximate surface area is 106 Å². The maximum Gasteiger partial charge on any atom is 0.227 e. The van der Waals surface area contributed by atoms with Gasteiger partial charge in [0.15, 0.2) is 0 Å². The van der Waals surface area contributed by atoms with Gasteiger partial charge in [0.2, 0.25) is 5.91 Å². The summed E-state index contributed by atoms with van der Waals surface area (Å²) in [5.41, 5.74) is 0.888. The van der Waals surface area contributed by atoms with Crippen LogP contribution in [0.1, 0.15) is 18.4 Å². The molecule has 2 heterocycles. The second-order valence-electron chi connectivity index (χ2n) is 5.15. The van der Waals surface area contributed by atoms with Crippen molar-refractivity contribution in [2.75, 3.05) is 13.1 Å². The van der Waals surface area contributed by atoms with Crippen LogP contribution in [0.2, 0.25) is 0 Å². The van der Waals surface area contributed by atoms with Crippen LogP contribution in [0.5, 0.6) is 0 Å². The molecule has 0 radical (unpaired) electrons. The molecule has 96 valence electrons. The summed E-state index contributed by atoms with van der Waals surface area (Å²) in [4.78, 5) is 14.4. The zero-order valence-electron chi connectivity index (χ0n) is 10.2. The van der Waals surface area contributed by atoms with Gasteiger partial charge in [0, 0.05) is 25.2 Å². The molecule has 1 aromatic carbocycles. The van der Waals surface area contributed by atoms with Crippen molar-refractivity contribution in [2.45, 2.75) is 31.3 Å². The summed E-state index contributed by atoms with van der Waals surface area (Å²) >= 11 is 0. The van der Waals surface area contributed by atoms with Crippen molar-refractivity contribution in [2.24, 2.45) is 0 Å². The molecule has 1 N–H and O–H groups in total. The van der Waals surface area contributed by atoms with Gasteiger partial charge in [-0.2, -0.15) is 0 Å². The van der Waals surface area contributed by atoms with Gasteiger partial charge in [-0.15, -0.1) is 0 Å². The molecular formula is C14H17FN2O. The van der Waals surface area contributed by atoms with Crippen molar-refractivity contribution >= 4 is 5.91 Å². The quantitative estimate of drug-likeness (QED) is 0.856. The molecule has 2 atom stereocenters. The number of piperazine rings is 1. The summed E-state index contributed by atoms with van der Waals surface area (Å²) in [6.45, 7) is 1.82. The van der Waals surface area contributed by atoms with Crippen molar-refractivity contribution in [3.8, 4) is 0 Å². The van der Waals surface area contributed by atoms with Crippen LogP contribution in [0, 0.1) is 5.82 Å². The fourth-order valence-corrected chi connectivity index (χ4v) is 3.05. The molecule has 3 rings (SSSR count). The smallest absolute Gasteiger partial charge is 0.227 e. The molecule has 2 bridgehead atoms. The lowest BCUT2D eigenvalue weighted by Crippen LogP contribution is -2.54. The van der Waals surface area contributed by atoms with Gasteiger partial charge in [0.1, 0.15) is 5.82 Å². The molecule has 0 aromatic heterocycles. The number of nitrogens with one attached hydrogen (secondary N) is 1. The van der Waals surface area contributed by atoms with Crippen LogP contribution >= 0.6 is 0 Å². The number of rotatable bonds is 2. The molecule has 0 aliphatic carbocycles. The van der Waals surface area contributed by atoms with E-state index in [9.17, 15) is 9.18 Å². The third-order valence-corrected chi connectivity index (χ3v) is 3.94. The van der Waals surface area contributed by atoms with Gasteiger partial charge in [0.05, 0.1) is 6.42 Å². The molecule has 2 aliphatic heterocycles. The normalized spacial score (nSPS) is 26.4. The minimum Gasteiger partial charge on any atom is -0.334 e. The van der Waals surface area contributed by atoms with Crippen molar-refractivity contribution < 1.29 is 9.18 Å². The Morgan fingerprint density at radius 2 is 1.83 bits per heavy atom. The molecule has 1 aromatic rings. The zero-order chi connectivity index (χ0) is 12.5. The highest BCUT2D eigenvalue weighted by molar-refractivity contribution is 5.80. The molecule has 2 saturated heterocycles. The first-order valence-corrected chi connectivity index (χ1v) is 6.50. The van der Waals surface area contributed by atoms with Gasteiger partial charge in [-0.3, -0.25) is 4.79 Å². The number of carbonyl (C=O) groups is 1. The van der Waals surface area contributed by atoms with Crippen molar-refractivity contribution in [1.82, 2.24) is 10.2 Å². The van der Waals surface area contributed by atoms with E-state index in [0.717, 1.165) is 31.5 Å². The van der Waals surface area contributed by atoms with Gasteiger partial charge < -0.3 is 10.2 Å². The van der Waals surface area contributed by atoms with Crippen LogP contribution in [-0.2, 0) is 11.2 Å². The van der Waals surface area contributed by atoms with E-state index < -0.39 is 0 Å². The van der Waals surface area contributed by atoms with Crippen LogP contribution < -0.4 is 5.32 Å². The Morgan fingerprint density at radius 1 is 1.22 bits per heavy atom. The minimum absolute atomic E-state index is 0.176. The molecule has 3 nitrogen and oxygen atoms in total. The second-order valence-corrected chi connectivity index (χ2v) is 5.15. The highest BCUT2D eigenvalue weighted by Gasteiger charge is 2.38. The number of fused-ring (bicyclic) bond motifs is 2. The topological polar surface area (TPSA) is 32.3 Å². The highest BCUT2D eigenvalue weighted by Crippen LogP contribution is 2.27. The maximum atomic E-state index is 12.8. The third-order valence-electron chi connectivity index (χ3n) is 3.94. The average Bonchev–Trinajstić information content (AvgIpc) is 2.62. The molecule has 2 unspecified atom stereocenters. The number of nitrogens with zero attached hydrogens (tertiary/aromatic N) is 1. The SMILES string of the molecule is O=C(Cc1ccc(F)cc1)N1C2CCC1CNC2. The molecule has 2 aliphatic rings. The Balaban J connectivity index is 1.70. The zero-order valence-corrected chi connectivity index (χ0v) is 10.2. The predicted octanol–water partition coefficient (Wildman–Crippen LogP) is 1.33. The first-order chi connectivity index (χ1) is 8.74. The molecule has 0 spiro atoms. The number of carbonyl (C=O) groups excluding carboxylic acids is 1. The van der Waals surface area contributed by atoms with Crippen LogP contribution in [0.15, 0.2) is 24.3 Å². The van der Waals surface area contributed by atoms with Crippen LogP contribution in [0.4, 0.5) is 4.39 Å².